The first kappa shape index (κ1) is 18.4. The van der Waals surface area contributed by atoms with Gasteiger partial charge in [0.15, 0.2) is 5.17 Å². The summed E-state index contributed by atoms with van der Waals surface area (Å²) in [5, 5.41) is 9.20. The highest BCUT2D eigenvalue weighted by Crippen LogP contribution is 2.31. The molecule has 0 aliphatic carbocycles. The third-order valence-corrected chi connectivity index (χ3v) is 5.42. The van der Waals surface area contributed by atoms with Crippen molar-refractivity contribution in [2.24, 2.45) is 10.2 Å². The molecule has 4 nitrogen and oxygen atoms in total. The van der Waals surface area contributed by atoms with E-state index < -0.39 is 0 Å². The third-order valence-electron chi connectivity index (χ3n) is 4.18. The van der Waals surface area contributed by atoms with Crippen molar-refractivity contribution < 1.29 is 4.79 Å². The van der Waals surface area contributed by atoms with Gasteiger partial charge in [-0.25, -0.2) is 0 Å². The molecule has 5 heteroatoms. The molecule has 1 aliphatic rings. The zero-order chi connectivity index (χ0) is 18.4. The van der Waals surface area contributed by atoms with E-state index in [0.29, 0.717) is 11.7 Å². The standard InChI is InChI=1S/C21H23N3OS/c1-3-7-19-20(25)24(15-18-8-5-4-6-9-18)21(26-19)23-22-14-17-12-10-16(2)11-13-17/h4-6,8-14,19H,3,7,15H2,1-2H3/b22-14-,23-21+/t19-/m0/s1. The smallest absolute Gasteiger partial charge is 0.242 e. The summed E-state index contributed by atoms with van der Waals surface area (Å²) < 4.78 is 0. The summed E-state index contributed by atoms with van der Waals surface area (Å²) in [5.74, 6) is 0.130. The van der Waals surface area contributed by atoms with E-state index in [-0.39, 0.29) is 11.2 Å². The number of amides is 1. The van der Waals surface area contributed by atoms with Gasteiger partial charge in [0.05, 0.1) is 18.0 Å². The maximum absolute atomic E-state index is 12.8. The second kappa shape index (κ2) is 8.81. The molecule has 1 saturated heterocycles. The molecule has 1 aliphatic heterocycles. The van der Waals surface area contributed by atoms with Crippen LogP contribution in [0.25, 0.3) is 0 Å². The summed E-state index contributed by atoms with van der Waals surface area (Å²) in [4.78, 5) is 14.5. The summed E-state index contributed by atoms with van der Waals surface area (Å²) in [7, 11) is 0. The maximum atomic E-state index is 12.8. The molecule has 1 heterocycles. The number of aryl methyl sites for hydroxylation is 1. The van der Waals surface area contributed by atoms with Crippen LogP contribution in [0.15, 0.2) is 64.8 Å². The lowest BCUT2D eigenvalue weighted by Gasteiger charge is -2.15. The number of amidine groups is 1. The second-order valence-electron chi connectivity index (χ2n) is 6.34. The van der Waals surface area contributed by atoms with Crippen LogP contribution in [0, 0.1) is 6.92 Å². The summed E-state index contributed by atoms with van der Waals surface area (Å²) in [6.07, 6.45) is 3.56. The fourth-order valence-corrected chi connectivity index (χ4v) is 3.95. The maximum Gasteiger partial charge on any atom is 0.242 e. The molecule has 2 aromatic rings. The van der Waals surface area contributed by atoms with E-state index >= 15 is 0 Å². The topological polar surface area (TPSA) is 45.0 Å². The molecule has 3 rings (SSSR count). The first-order valence-corrected chi connectivity index (χ1v) is 9.75. The Morgan fingerprint density at radius 1 is 1.12 bits per heavy atom. The van der Waals surface area contributed by atoms with E-state index in [1.54, 1.807) is 11.1 Å². The lowest BCUT2D eigenvalue weighted by atomic mass is 10.2. The van der Waals surface area contributed by atoms with Crippen molar-refractivity contribution >= 4 is 29.1 Å². The number of hydrogen-bond acceptors (Lipinski definition) is 4. The number of benzene rings is 2. The number of hydrogen-bond donors (Lipinski definition) is 0. The van der Waals surface area contributed by atoms with Crippen molar-refractivity contribution in [2.45, 2.75) is 38.5 Å². The molecule has 0 saturated carbocycles. The van der Waals surface area contributed by atoms with E-state index in [0.717, 1.165) is 24.0 Å². The van der Waals surface area contributed by atoms with Crippen molar-refractivity contribution in [2.75, 3.05) is 0 Å². The van der Waals surface area contributed by atoms with Gasteiger partial charge >= 0.3 is 0 Å². The minimum atomic E-state index is -0.0583. The Morgan fingerprint density at radius 2 is 1.85 bits per heavy atom. The van der Waals surface area contributed by atoms with Gasteiger partial charge in [0.2, 0.25) is 5.91 Å². The van der Waals surface area contributed by atoms with Crippen LogP contribution in [0.2, 0.25) is 0 Å². The molecule has 0 radical (unpaired) electrons. The Bertz CT molecular complexity index is 800. The normalized spacial score (nSPS) is 19.0. The van der Waals surface area contributed by atoms with Gasteiger partial charge < -0.3 is 0 Å². The van der Waals surface area contributed by atoms with Gasteiger partial charge in [0, 0.05) is 0 Å². The molecule has 1 fully saturated rings. The molecule has 2 aromatic carbocycles. The van der Waals surface area contributed by atoms with Crippen LogP contribution >= 0.6 is 11.8 Å². The largest absolute Gasteiger partial charge is 0.284 e. The number of nitrogens with zero attached hydrogens (tertiary/aromatic N) is 3. The predicted octanol–water partition coefficient (Wildman–Crippen LogP) is 4.63. The lowest BCUT2D eigenvalue weighted by Crippen LogP contribution is -2.31. The molecule has 134 valence electrons. The van der Waals surface area contributed by atoms with E-state index in [2.05, 4.69) is 24.1 Å². The SMILES string of the molecule is CCC[C@@H]1S/C(=N/N=C\c2ccc(C)cc2)N(Cc2ccccc2)C1=O. The average molecular weight is 366 g/mol. The van der Waals surface area contributed by atoms with Crippen molar-refractivity contribution in [1.29, 1.82) is 0 Å². The first-order chi connectivity index (χ1) is 12.7. The summed E-state index contributed by atoms with van der Waals surface area (Å²) in [5.41, 5.74) is 3.30. The third kappa shape index (κ3) is 4.61. The predicted molar refractivity (Wildman–Crippen MR) is 109 cm³/mol. The van der Waals surface area contributed by atoms with Crippen molar-refractivity contribution in [3.05, 3.63) is 71.3 Å². The Kier molecular flexibility index (Phi) is 6.23. The van der Waals surface area contributed by atoms with E-state index in [9.17, 15) is 4.79 Å². The minimum Gasteiger partial charge on any atom is -0.284 e. The molecule has 0 unspecified atom stereocenters. The number of rotatable bonds is 6. The van der Waals surface area contributed by atoms with Crippen LogP contribution in [0.3, 0.4) is 0 Å². The van der Waals surface area contributed by atoms with Crippen molar-refractivity contribution in [3.8, 4) is 0 Å². The van der Waals surface area contributed by atoms with Gasteiger partial charge in [-0.1, -0.05) is 85.3 Å². The Balaban J connectivity index is 1.79. The average Bonchev–Trinajstić information content (AvgIpc) is 2.94. The van der Waals surface area contributed by atoms with Crippen LogP contribution in [0.1, 0.15) is 36.5 Å². The molecular formula is C21H23N3OS. The fraction of sp³-hybridized carbons (Fsp3) is 0.286. The van der Waals surface area contributed by atoms with Crippen LogP contribution < -0.4 is 0 Å². The monoisotopic (exact) mass is 365 g/mol. The van der Waals surface area contributed by atoms with E-state index in [1.807, 2.05) is 54.6 Å². The molecule has 1 atom stereocenters. The van der Waals surface area contributed by atoms with Crippen LogP contribution in [0.4, 0.5) is 0 Å². The second-order valence-corrected chi connectivity index (χ2v) is 7.51. The van der Waals surface area contributed by atoms with Gasteiger partial charge in [-0.2, -0.15) is 5.10 Å². The molecule has 0 aromatic heterocycles. The quantitative estimate of drug-likeness (QED) is 0.553. The molecule has 0 N–H and O–H groups in total. The zero-order valence-corrected chi connectivity index (χ0v) is 15.9. The fourth-order valence-electron chi connectivity index (χ4n) is 2.74. The number of carbonyl (C=O) groups excluding carboxylic acids is 1. The van der Waals surface area contributed by atoms with E-state index in [4.69, 9.17) is 0 Å². The highest BCUT2D eigenvalue weighted by Gasteiger charge is 2.37. The molecule has 0 spiro atoms. The molecule has 26 heavy (non-hydrogen) atoms. The van der Waals surface area contributed by atoms with Crippen LogP contribution in [0.5, 0.6) is 0 Å². The van der Waals surface area contributed by atoms with Crippen LogP contribution in [-0.4, -0.2) is 27.4 Å². The molecular weight excluding hydrogens is 342 g/mol. The van der Waals surface area contributed by atoms with Crippen molar-refractivity contribution in [3.63, 3.8) is 0 Å². The first-order valence-electron chi connectivity index (χ1n) is 8.87. The zero-order valence-electron chi connectivity index (χ0n) is 15.1. The highest BCUT2D eigenvalue weighted by molar-refractivity contribution is 8.15. The minimum absolute atomic E-state index is 0.0583. The molecule has 0 bridgehead atoms. The van der Waals surface area contributed by atoms with E-state index in [1.165, 1.54) is 17.3 Å². The Morgan fingerprint density at radius 3 is 2.54 bits per heavy atom. The van der Waals surface area contributed by atoms with Gasteiger partial charge in [0.1, 0.15) is 0 Å². The Hall–Kier alpha value is -2.40. The van der Waals surface area contributed by atoms with Gasteiger partial charge in [-0.3, -0.25) is 9.69 Å². The summed E-state index contributed by atoms with van der Waals surface area (Å²) in [6, 6.07) is 18.1. The number of thioether (sulfide) groups is 1. The van der Waals surface area contributed by atoms with Gasteiger partial charge in [-0.05, 0) is 24.5 Å². The lowest BCUT2D eigenvalue weighted by molar-refractivity contribution is -0.126. The Labute approximate surface area is 159 Å². The van der Waals surface area contributed by atoms with Crippen LogP contribution in [-0.2, 0) is 11.3 Å². The van der Waals surface area contributed by atoms with Gasteiger partial charge in [-0.15, -0.1) is 5.10 Å². The molecule has 1 amide bonds. The highest BCUT2D eigenvalue weighted by atomic mass is 32.2. The summed E-state index contributed by atoms with van der Waals surface area (Å²) in [6.45, 7) is 4.68. The summed E-state index contributed by atoms with van der Waals surface area (Å²) >= 11 is 1.52. The van der Waals surface area contributed by atoms with Crippen molar-refractivity contribution in [1.82, 2.24) is 4.90 Å². The number of carbonyl (C=O) groups is 1. The van der Waals surface area contributed by atoms with Gasteiger partial charge in [0.25, 0.3) is 0 Å².